The number of imidazole rings is 1. The van der Waals surface area contributed by atoms with Crippen LogP contribution in [0.1, 0.15) is 28.4 Å². The van der Waals surface area contributed by atoms with Gasteiger partial charge in [-0.25, -0.2) is 4.98 Å². The van der Waals surface area contributed by atoms with Crippen LogP contribution < -0.4 is 4.74 Å². The van der Waals surface area contributed by atoms with Gasteiger partial charge in [-0.2, -0.15) is 0 Å². The molecule has 3 rings (SSSR count). The van der Waals surface area contributed by atoms with Crippen LogP contribution in [-0.4, -0.2) is 33.2 Å². The molecule has 0 fully saturated rings. The van der Waals surface area contributed by atoms with Gasteiger partial charge in [0.25, 0.3) is 0 Å². The fourth-order valence-corrected chi connectivity index (χ4v) is 2.74. The summed E-state index contributed by atoms with van der Waals surface area (Å²) in [6.45, 7) is 6.18. The van der Waals surface area contributed by atoms with Crippen molar-refractivity contribution < 1.29 is 14.6 Å². The molecule has 25 heavy (non-hydrogen) atoms. The summed E-state index contributed by atoms with van der Waals surface area (Å²) in [5.74, 6) is 0.565. The van der Waals surface area contributed by atoms with Gasteiger partial charge in [0.15, 0.2) is 5.78 Å². The van der Waals surface area contributed by atoms with E-state index in [1.165, 1.54) is 18.1 Å². The lowest BCUT2D eigenvalue weighted by Gasteiger charge is -2.14. The van der Waals surface area contributed by atoms with Crippen molar-refractivity contribution in [1.82, 2.24) is 9.55 Å². The zero-order valence-electron chi connectivity index (χ0n) is 14.7. The van der Waals surface area contributed by atoms with E-state index in [1.54, 1.807) is 30.6 Å². The van der Waals surface area contributed by atoms with Crippen molar-refractivity contribution in [3.63, 3.8) is 0 Å². The molecule has 3 aromatic rings. The first kappa shape index (κ1) is 17.2. The maximum Gasteiger partial charge on any atom is 0.159 e. The van der Waals surface area contributed by atoms with Crippen LogP contribution in [0.15, 0.2) is 42.7 Å². The van der Waals surface area contributed by atoms with Gasteiger partial charge < -0.3 is 14.4 Å². The van der Waals surface area contributed by atoms with E-state index in [0.29, 0.717) is 17.9 Å². The Bertz CT molecular complexity index is 914. The van der Waals surface area contributed by atoms with Crippen LogP contribution in [0.4, 0.5) is 0 Å². The second kappa shape index (κ2) is 7.07. The van der Waals surface area contributed by atoms with E-state index < -0.39 is 6.10 Å². The number of hydrogen-bond acceptors (Lipinski definition) is 4. The molecule has 5 heteroatoms. The van der Waals surface area contributed by atoms with Crippen LogP contribution >= 0.6 is 0 Å². The van der Waals surface area contributed by atoms with Gasteiger partial charge in [0.1, 0.15) is 18.5 Å². The maximum atomic E-state index is 11.4. The largest absolute Gasteiger partial charge is 0.491 e. The molecule has 0 spiro atoms. The van der Waals surface area contributed by atoms with Gasteiger partial charge in [-0.15, -0.1) is 0 Å². The minimum Gasteiger partial charge on any atom is -0.491 e. The standard InChI is InChI=1S/C20H22N2O3/c1-13-7-19-20(8-14(13)2)22(12-21-19)10-17(24)11-25-18-6-4-5-16(9-18)15(3)23/h4-9,12,17,24H,10-11H2,1-3H3/t17-/m0/s1. The van der Waals surface area contributed by atoms with Crippen LogP contribution in [0.5, 0.6) is 5.75 Å². The molecule has 0 saturated heterocycles. The Morgan fingerprint density at radius 3 is 2.76 bits per heavy atom. The number of aliphatic hydroxyl groups is 1. The number of aryl methyl sites for hydroxylation is 2. The number of Topliss-reactive ketones (excluding diaryl/α,β-unsaturated/α-hetero) is 1. The van der Waals surface area contributed by atoms with E-state index in [9.17, 15) is 9.90 Å². The van der Waals surface area contributed by atoms with E-state index in [1.807, 2.05) is 4.57 Å². The zero-order chi connectivity index (χ0) is 18.0. The minimum absolute atomic E-state index is 0.0125. The third kappa shape index (κ3) is 3.88. The first-order valence-corrected chi connectivity index (χ1v) is 8.28. The molecule has 0 saturated carbocycles. The number of nitrogens with zero attached hydrogens (tertiary/aromatic N) is 2. The van der Waals surface area contributed by atoms with Gasteiger partial charge in [0, 0.05) is 5.56 Å². The molecule has 1 aromatic heterocycles. The van der Waals surface area contributed by atoms with Crippen molar-refractivity contribution in [2.24, 2.45) is 0 Å². The number of hydrogen-bond donors (Lipinski definition) is 1. The molecule has 0 aliphatic carbocycles. The number of fused-ring (bicyclic) bond motifs is 1. The summed E-state index contributed by atoms with van der Waals surface area (Å²) in [6, 6.07) is 11.1. The van der Waals surface area contributed by atoms with Crippen molar-refractivity contribution in [2.45, 2.75) is 33.4 Å². The minimum atomic E-state index is -0.681. The number of rotatable bonds is 6. The first-order valence-electron chi connectivity index (χ1n) is 8.28. The highest BCUT2D eigenvalue weighted by Crippen LogP contribution is 2.19. The summed E-state index contributed by atoms with van der Waals surface area (Å²) in [4.78, 5) is 15.8. The number of ether oxygens (including phenoxy) is 1. The van der Waals surface area contributed by atoms with E-state index in [4.69, 9.17) is 4.74 Å². The van der Waals surface area contributed by atoms with Gasteiger partial charge in [-0.1, -0.05) is 12.1 Å². The second-order valence-corrected chi connectivity index (χ2v) is 6.37. The number of carbonyl (C=O) groups is 1. The molecule has 0 unspecified atom stereocenters. The number of aromatic nitrogens is 2. The molecule has 0 bridgehead atoms. The molecule has 0 aliphatic rings. The lowest BCUT2D eigenvalue weighted by molar-refractivity contribution is 0.0932. The molecule has 0 aliphatic heterocycles. The number of carbonyl (C=O) groups excluding carboxylic acids is 1. The average molecular weight is 338 g/mol. The quantitative estimate of drug-likeness (QED) is 0.701. The third-order valence-corrected chi connectivity index (χ3v) is 4.33. The Morgan fingerprint density at radius 2 is 2.00 bits per heavy atom. The van der Waals surface area contributed by atoms with Crippen LogP contribution in [0.2, 0.25) is 0 Å². The molecule has 0 radical (unpaired) electrons. The van der Waals surface area contributed by atoms with Gasteiger partial charge in [0.05, 0.1) is 23.9 Å². The molecule has 130 valence electrons. The van der Waals surface area contributed by atoms with Crippen molar-refractivity contribution in [3.8, 4) is 5.75 Å². The maximum absolute atomic E-state index is 11.4. The summed E-state index contributed by atoms with van der Waals surface area (Å²) in [7, 11) is 0. The lowest BCUT2D eigenvalue weighted by Crippen LogP contribution is -2.23. The molecule has 5 nitrogen and oxygen atoms in total. The van der Waals surface area contributed by atoms with Crippen molar-refractivity contribution in [2.75, 3.05) is 6.61 Å². The highest BCUT2D eigenvalue weighted by atomic mass is 16.5. The number of ketones is 1. The van der Waals surface area contributed by atoms with Crippen molar-refractivity contribution in [1.29, 1.82) is 0 Å². The highest BCUT2D eigenvalue weighted by Gasteiger charge is 2.11. The topological polar surface area (TPSA) is 64.3 Å². The van der Waals surface area contributed by atoms with Crippen molar-refractivity contribution >= 4 is 16.8 Å². The second-order valence-electron chi connectivity index (χ2n) is 6.37. The summed E-state index contributed by atoms with van der Waals surface area (Å²) in [5.41, 5.74) is 4.91. The zero-order valence-corrected chi connectivity index (χ0v) is 14.7. The highest BCUT2D eigenvalue weighted by molar-refractivity contribution is 5.94. The Hall–Kier alpha value is -2.66. The SMILES string of the molecule is CC(=O)c1cccc(OC[C@@H](O)Cn2cnc3cc(C)c(C)cc32)c1. The molecule has 1 atom stereocenters. The van der Waals surface area contributed by atoms with Gasteiger partial charge >= 0.3 is 0 Å². The molecule has 1 N–H and O–H groups in total. The van der Waals surface area contributed by atoms with Crippen LogP contribution in [-0.2, 0) is 6.54 Å². The fourth-order valence-electron chi connectivity index (χ4n) is 2.74. The average Bonchev–Trinajstić information content (AvgIpc) is 2.95. The smallest absolute Gasteiger partial charge is 0.159 e. The van der Waals surface area contributed by atoms with Gasteiger partial charge in [0.2, 0.25) is 0 Å². The molecule has 2 aromatic carbocycles. The normalized spacial score (nSPS) is 12.3. The van der Waals surface area contributed by atoms with Crippen molar-refractivity contribution in [3.05, 3.63) is 59.4 Å². The van der Waals surface area contributed by atoms with E-state index in [2.05, 4.69) is 31.0 Å². The summed E-state index contributed by atoms with van der Waals surface area (Å²) >= 11 is 0. The predicted octanol–water partition coefficient (Wildman–Crippen LogP) is 3.30. The van der Waals surface area contributed by atoms with E-state index in [-0.39, 0.29) is 12.4 Å². The summed E-state index contributed by atoms with van der Waals surface area (Å²) < 4.78 is 7.56. The van der Waals surface area contributed by atoms with E-state index in [0.717, 1.165) is 11.0 Å². The summed E-state index contributed by atoms with van der Waals surface area (Å²) in [6.07, 6.45) is 1.06. The lowest BCUT2D eigenvalue weighted by atomic mass is 10.1. The van der Waals surface area contributed by atoms with E-state index >= 15 is 0 Å². The monoisotopic (exact) mass is 338 g/mol. The number of aliphatic hydroxyl groups excluding tert-OH is 1. The predicted molar refractivity (Wildman–Crippen MR) is 97.2 cm³/mol. The Labute approximate surface area is 146 Å². The molecule has 0 amide bonds. The third-order valence-electron chi connectivity index (χ3n) is 4.33. The fraction of sp³-hybridized carbons (Fsp3) is 0.300. The van der Waals surface area contributed by atoms with Gasteiger partial charge in [-0.05, 0) is 56.2 Å². The molecule has 1 heterocycles. The summed E-state index contributed by atoms with van der Waals surface area (Å²) in [5, 5.41) is 10.3. The number of benzene rings is 2. The molecular formula is C20H22N2O3. The Balaban J connectivity index is 1.67. The van der Waals surface area contributed by atoms with Crippen LogP contribution in [0.3, 0.4) is 0 Å². The van der Waals surface area contributed by atoms with Gasteiger partial charge in [-0.3, -0.25) is 4.79 Å². The first-order chi connectivity index (χ1) is 11.9. The van der Waals surface area contributed by atoms with Crippen LogP contribution in [0, 0.1) is 13.8 Å². The van der Waals surface area contributed by atoms with Crippen LogP contribution in [0.25, 0.3) is 11.0 Å². The Morgan fingerprint density at radius 1 is 1.24 bits per heavy atom. The Kier molecular flexibility index (Phi) is 4.86. The molecular weight excluding hydrogens is 316 g/mol.